The van der Waals surface area contributed by atoms with Gasteiger partial charge in [0, 0.05) is 54.2 Å². The molecule has 51 heavy (non-hydrogen) atoms. The fraction of sp³-hybridized carbons (Fsp3) is 0.486. The second-order valence-electron chi connectivity index (χ2n) is 15.2. The van der Waals surface area contributed by atoms with Crippen LogP contribution in [0.4, 0.5) is 15.4 Å². The first-order chi connectivity index (χ1) is 24.0. The predicted octanol–water partition coefficient (Wildman–Crippen LogP) is 7.77. The Hall–Kier alpha value is -4.62. The van der Waals surface area contributed by atoms with Crippen molar-refractivity contribution in [2.24, 2.45) is 0 Å². The van der Waals surface area contributed by atoms with E-state index in [4.69, 9.17) is 41.7 Å². The Morgan fingerprint density at radius 2 is 1.61 bits per heavy atom. The summed E-state index contributed by atoms with van der Waals surface area (Å²) in [5.41, 5.74) is 11.2. The fourth-order valence-corrected chi connectivity index (χ4v) is 6.85. The molecule has 1 amide bonds. The van der Waals surface area contributed by atoms with E-state index in [9.17, 15) is 9.59 Å². The van der Waals surface area contributed by atoms with E-state index in [1.165, 1.54) is 4.68 Å². The number of hydrogen-bond donors (Lipinski definition) is 1. The summed E-state index contributed by atoms with van der Waals surface area (Å²) in [6, 6.07) is 7.86. The number of halogens is 1. The third-order valence-electron chi connectivity index (χ3n) is 8.90. The molecule has 0 spiro atoms. The van der Waals surface area contributed by atoms with Gasteiger partial charge in [0.1, 0.15) is 16.9 Å². The highest BCUT2D eigenvalue weighted by Gasteiger charge is 2.33. The van der Waals surface area contributed by atoms with Crippen LogP contribution < -0.4 is 5.73 Å². The zero-order valence-electron chi connectivity index (χ0n) is 30.8. The summed E-state index contributed by atoms with van der Waals surface area (Å²) < 4.78 is 21.7. The number of hydrogen-bond acceptors (Lipinski definition) is 9. The number of benzene rings is 2. The fourth-order valence-electron chi connectivity index (χ4n) is 6.61. The molecular formula is C37H47ClN8O5. The molecule has 0 radical (unpaired) electrons. The van der Waals surface area contributed by atoms with Crippen LogP contribution in [0.15, 0.2) is 30.5 Å². The summed E-state index contributed by atoms with van der Waals surface area (Å²) in [6.45, 7) is 17.1. The number of rotatable bonds is 6. The van der Waals surface area contributed by atoms with Gasteiger partial charge in [-0.3, -0.25) is 9.36 Å². The number of anilines is 1. The van der Waals surface area contributed by atoms with Gasteiger partial charge in [0.2, 0.25) is 0 Å². The molecule has 2 aromatic carbocycles. The second kappa shape index (κ2) is 13.5. The van der Waals surface area contributed by atoms with E-state index in [1.54, 1.807) is 38.8 Å². The van der Waals surface area contributed by atoms with Crippen molar-refractivity contribution in [3.63, 3.8) is 0 Å². The van der Waals surface area contributed by atoms with Gasteiger partial charge in [-0.2, -0.15) is 14.9 Å². The topological polar surface area (TPSA) is 145 Å². The largest absolute Gasteiger partial charge is 0.444 e. The third kappa shape index (κ3) is 7.27. The summed E-state index contributed by atoms with van der Waals surface area (Å²) in [5, 5.41) is 16.4. The molecule has 0 unspecified atom stereocenters. The average Bonchev–Trinajstić information content (AvgIpc) is 3.71. The van der Waals surface area contributed by atoms with Crippen LogP contribution >= 0.6 is 11.6 Å². The number of amides is 1. The zero-order valence-corrected chi connectivity index (χ0v) is 31.6. The number of ether oxygens (including phenoxy) is 3. The minimum absolute atomic E-state index is 0.00220. The minimum Gasteiger partial charge on any atom is -0.444 e. The lowest BCUT2D eigenvalue weighted by molar-refractivity contribution is 0.0184. The van der Waals surface area contributed by atoms with Crippen molar-refractivity contribution in [1.29, 1.82) is 0 Å². The number of nitrogen functional groups attached to an aromatic ring is 1. The Balaban J connectivity index is 1.51. The Morgan fingerprint density at radius 1 is 0.941 bits per heavy atom. The average molecular weight is 719 g/mol. The predicted molar refractivity (Wildman–Crippen MR) is 198 cm³/mol. The lowest BCUT2D eigenvalue weighted by Gasteiger charge is -2.34. The maximum Gasteiger partial charge on any atom is 0.435 e. The number of fused-ring (bicyclic) bond motifs is 2. The Bertz CT molecular complexity index is 2130. The molecule has 0 aliphatic carbocycles. The van der Waals surface area contributed by atoms with Gasteiger partial charge in [-0.25, -0.2) is 9.59 Å². The van der Waals surface area contributed by atoms with Crippen molar-refractivity contribution in [3.8, 4) is 22.4 Å². The molecular weight excluding hydrogens is 672 g/mol. The quantitative estimate of drug-likeness (QED) is 0.186. The maximum atomic E-state index is 13.4. The van der Waals surface area contributed by atoms with Gasteiger partial charge in [0.25, 0.3) is 0 Å². The van der Waals surface area contributed by atoms with Crippen LogP contribution in [0.25, 0.3) is 44.2 Å². The molecule has 0 saturated carbocycles. The number of carbonyl (C=O) groups excluding carboxylic acids is 2. The summed E-state index contributed by atoms with van der Waals surface area (Å²) in [4.78, 5) is 28.0. The van der Waals surface area contributed by atoms with Crippen molar-refractivity contribution >= 4 is 51.4 Å². The van der Waals surface area contributed by atoms with Crippen molar-refractivity contribution < 1.29 is 23.8 Å². The lowest BCUT2D eigenvalue weighted by atomic mass is 9.94. The van der Waals surface area contributed by atoms with E-state index >= 15 is 0 Å². The normalized spacial score (nSPS) is 14.5. The van der Waals surface area contributed by atoms with Crippen LogP contribution in [0.2, 0.25) is 5.02 Å². The number of nitrogens with two attached hydrogens (primary N) is 1. The summed E-state index contributed by atoms with van der Waals surface area (Å²) in [7, 11) is 1.67. The number of likely N-dealkylation sites (tertiary alicyclic amines) is 1. The van der Waals surface area contributed by atoms with Crippen LogP contribution in [-0.2, 0) is 20.8 Å². The van der Waals surface area contributed by atoms with Crippen molar-refractivity contribution in [1.82, 2.24) is 34.2 Å². The molecule has 0 atom stereocenters. The molecule has 4 heterocycles. The highest BCUT2D eigenvalue weighted by atomic mass is 35.5. The molecule has 272 valence electrons. The van der Waals surface area contributed by atoms with E-state index in [2.05, 4.69) is 11.2 Å². The number of methoxy groups -OCH3 is 1. The molecule has 1 aliphatic heterocycles. The van der Waals surface area contributed by atoms with Gasteiger partial charge in [0.05, 0.1) is 40.6 Å². The number of aryl methyl sites for hydroxylation is 1. The first-order valence-electron chi connectivity index (χ1n) is 17.2. The van der Waals surface area contributed by atoms with E-state index in [0.717, 1.165) is 33.3 Å². The Labute approximate surface area is 302 Å². The van der Waals surface area contributed by atoms with Crippen LogP contribution in [0, 0.1) is 13.8 Å². The van der Waals surface area contributed by atoms with Gasteiger partial charge >= 0.3 is 12.2 Å². The summed E-state index contributed by atoms with van der Waals surface area (Å²) in [5.74, 6) is 0.145. The Morgan fingerprint density at radius 3 is 2.25 bits per heavy atom. The van der Waals surface area contributed by atoms with Gasteiger partial charge in [-0.1, -0.05) is 17.7 Å². The molecule has 14 heteroatoms. The molecule has 0 bridgehead atoms. The number of aromatic nitrogens is 6. The smallest absolute Gasteiger partial charge is 0.435 e. The van der Waals surface area contributed by atoms with E-state index in [1.807, 2.05) is 62.3 Å². The highest BCUT2D eigenvalue weighted by molar-refractivity contribution is 6.36. The first kappa shape index (κ1) is 36.2. The third-order valence-corrected chi connectivity index (χ3v) is 9.38. The zero-order chi connectivity index (χ0) is 37.0. The second-order valence-corrected chi connectivity index (χ2v) is 15.5. The number of nitrogens with zero attached hydrogens (tertiary/aromatic N) is 7. The van der Waals surface area contributed by atoms with Gasteiger partial charge in [0.15, 0.2) is 5.82 Å². The molecule has 1 fully saturated rings. The monoisotopic (exact) mass is 718 g/mol. The Kier molecular flexibility index (Phi) is 9.57. The number of carbonyl (C=O) groups is 2. The molecule has 2 N–H and O–H groups in total. The van der Waals surface area contributed by atoms with Crippen LogP contribution in [0.5, 0.6) is 0 Å². The standard InChI is InChI=1S/C37H47ClN8O5/c1-21-18-27-29(33(39)42-46(27)35(48)51-37(6,7)8)30(31(21)38)28-22(2)45(25-12-14-43(15-13-25)34(47)50-36(3,4)5)41-32(28)23-10-11-26-24(19-23)20-44(40-26)16-17-49-9/h10-11,18-20,25H,12-17H2,1-9H3,(H2,39,42). The van der Waals surface area contributed by atoms with Gasteiger partial charge < -0.3 is 24.8 Å². The van der Waals surface area contributed by atoms with Crippen molar-refractivity contribution in [2.75, 3.05) is 32.5 Å². The highest BCUT2D eigenvalue weighted by Crippen LogP contribution is 2.46. The first-order valence-corrected chi connectivity index (χ1v) is 17.6. The van der Waals surface area contributed by atoms with Crippen LogP contribution in [0.3, 0.4) is 0 Å². The SMILES string of the molecule is COCCn1cc2cc(-c3nn(C4CCN(C(=O)OC(C)(C)C)CC4)c(C)c3-c3c(Cl)c(C)cc4c3c(N)nn4C(=O)OC(C)(C)C)ccc2n1. The molecule has 1 aliphatic rings. The van der Waals surface area contributed by atoms with Crippen LogP contribution in [0.1, 0.15) is 71.7 Å². The van der Waals surface area contributed by atoms with Gasteiger partial charge in [-0.15, -0.1) is 5.10 Å². The van der Waals surface area contributed by atoms with E-state index in [0.29, 0.717) is 66.3 Å². The summed E-state index contributed by atoms with van der Waals surface area (Å²) >= 11 is 7.22. The molecule has 3 aromatic heterocycles. The van der Waals surface area contributed by atoms with E-state index in [-0.39, 0.29) is 18.0 Å². The lowest BCUT2D eigenvalue weighted by Crippen LogP contribution is -2.42. The molecule has 1 saturated heterocycles. The van der Waals surface area contributed by atoms with Crippen LogP contribution in [-0.4, -0.2) is 84.4 Å². The number of piperidine rings is 1. The molecule has 5 aromatic rings. The minimum atomic E-state index is -0.742. The van der Waals surface area contributed by atoms with E-state index < -0.39 is 17.3 Å². The summed E-state index contributed by atoms with van der Waals surface area (Å²) in [6.07, 6.45) is 2.40. The van der Waals surface area contributed by atoms with Crippen molar-refractivity contribution in [2.45, 2.75) is 92.0 Å². The van der Waals surface area contributed by atoms with Crippen molar-refractivity contribution in [3.05, 3.63) is 46.7 Å². The molecule has 6 rings (SSSR count). The molecule has 13 nitrogen and oxygen atoms in total. The maximum absolute atomic E-state index is 13.4. The van der Waals surface area contributed by atoms with Gasteiger partial charge in [-0.05, 0) is 92.0 Å².